The number of nitro groups is 1. The summed E-state index contributed by atoms with van der Waals surface area (Å²) in [6.07, 6.45) is 0. The van der Waals surface area contributed by atoms with Crippen LogP contribution >= 0.6 is 0 Å². The molecule has 7 nitrogen and oxygen atoms in total. The van der Waals surface area contributed by atoms with Crippen LogP contribution in [-0.4, -0.2) is 12.0 Å². The number of non-ortho nitro benzene ring substituents is 1. The van der Waals surface area contributed by atoms with Gasteiger partial charge in [-0.3, -0.25) is 10.1 Å². The van der Waals surface area contributed by atoms with Crippen LogP contribution in [0.4, 0.5) is 5.69 Å². The second-order valence-corrected chi connectivity index (χ2v) is 5.93. The van der Waals surface area contributed by atoms with Crippen molar-refractivity contribution < 1.29 is 18.8 Å². The van der Waals surface area contributed by atoms with E-state index in [-0.39, 0.29) is 12.3 Å². The predicted molar refractivity (Wildman–Crippen MR) is 95.9 cm³/mol. The van der Waals surface area contributed by atoms with Gasteiger partial charge < -0.3 is 13.9 Å². The highest BCUT2D eigenvalue weighted by Gasteiger charge is 2.14. The number of hydrogen-bond donors (Lipinski definition) is 0. The molecule has 0 atom stereocenters. The third kappa shape index (κ3) is 3.37. The highest BCUT2D eigenvalue weighted by atomic mass is 16.6. The molecule has 0 amide bonds. The fraction of sp³-hybridized carbons (Fsp3) is 0.211. The summed E-state index contributed by atoms with van der Waals surface area (Å²) >= 11 is 0. The van der Waals surface area contributed by atoms with Gasteiger partial charge in [0.1, 0.15) is 23.7 Å². The van der Waals surface area contributed by atoms with Gasteiger partial charge in [-0.2, -0.15) is 0 Å². The SMILES string of the molecule is COc1ccc([N+](=O)[O-])cc1COc1cc(C)cc2oc(=O)cc(C)c12. The molecule has 3 rings (SSSR count). The molecular weight excluding hydrogens is 338 g/mol. The van der Waals surface area contributed by atoms with E-state index in [2.05, 4.69) is 0 Å². The van der Waals surface area contributed by atoms with Crippen molar-refractivity contribution in [1.82, 2.24) is 0 Å². The van der Waals surface area contributed by atoms with Crippen LogP contribution in [0.25, 0.3) is 11.0 Å². The van der Waals surface area contributed by atoms with E-state index in [1.807, 2.05) is 13.0 Å². The van der Waals surface area contributed by atoms with Crippen LogP contribution < -0.4 is 15.1 Å². The lowest BCUT2D eigenvalue weighted by atomic mass is 10.1. The number of ether oxygens (including phenoxy) is 2. The average Bonchev–Trinajstić information content (AvgIpc) is 2.58. The first kappa shape index (κ1) is 17.5. The summed E-state index contributed by atoms with van der Waals surface area (Å²) in [5, 5.41) is 11.7. The van der Waals surface area contributed by atoms with E-state index in [0.29, 0.717) is 28.0 Å². The minimum Gasteiger partial charge on any atom is -0.496 e. The Hall–Kier alpha value is -3.35. The molecule has 0 aliphatic rings. The van der Waals surface area contributed by atoms with Crippen molar-refractivity contribution in [2.24, 2.45) is 0 Å². The molecule has 0 unspecified atom stereocenters. The van der Waals surface area contributed by atoms with Crippen molar-refractivity contribution in [2.45, 2.75) is 20.5 Å². The van der Waals surface area contributed by atoms with Gasteiger partial charge in [0.05, 0.1) is 17.4 Å². The third-order valence-electron chi connectivity index (χ3n) is 4.01. The quantitative estimate of drug-likeness (QED) is 0.391. The molecule has 2 aromatic carbocycles. The Bertz CT molecular complexity index is 1050. The molecule has 0 saturated heterocycles. The average molecular weight is 355 g/mol. The first-order chi connectivity index (χ1) is 12.4. The van der Waals surface area contributed by atoms with Gasteiger partial charge in [-0.25, -0.2) is 4.79 Å². The number of nitrogens with zero attached hydrogens (tertiary/aromatic N) is 1. The van der Waals surface area contributed by atoms with Crippen LogP contribution in [0.15, 0.2) is 45.6 Å². The molecule has 0 bridgehead atoms. The summed E-state index contributed by atoms with van der Waals surface area (Å²) in [6.45, 7) is 3.74. The minimum absolute atomic E-state index is 0.0410. The maximum atomic E-state index is 11.6. The van der Waals surface area contributed by atoms with E-state index in [1.165, 1.54) is 31.4 Å². The van der Waals surface area contributed by atoms with E-state index in [9.17, 15) is 14.9 Å². The number of benzene rings is 2. The molecule has 134 valence electrons. The van der Waals surface area contributed by atoms with Crippen molar-refractivity contribution in [1.29, 1.82) is 0 Å². The molecule has 0 fully saturated rings. The van der Waals surface area contributed by atoms with Gasteiger partial charge >= 0.3 is 5.63 Å². The molecule has 0 spiro atoms. The Balaban J connectivity index is 2.02. The molecule has 0 N–H and O–H groups in total. The fourth-order valence-corrected chi connectivity index (χ4v) is 2.84. The summed E-state index contributed by atoms with van der Waals surface area (Å²) in [5.74, 6) is 1.03. The van der Waals surface area contributed by atoms with Crippen molar-refractivity contribution in [3.63, 3.8) is 0 Å². The molecule has 0 aliphatic heterocycles. The largest absolute Gasteiger partial charge is 0.496 e. The number of methoxy groups -OCH3 is 1. The van der Waals surface area contributed by atoms with Gasteiger partial charge in [0.15, 0.2) is 0 Å². The first-order valence-electron chi connectivity index (χ1n) is 7.88. The van der Waals surface area contributed by atoms with Crippen LogP contribution in [0.5, 0.6) is 11.5 Å². The van der Waals surface area contributed by atoms with E-state index in [1.54, 1.807) is 13.0 Å². The highest BCUT2D eigenvalue weighted by Crippen LogP contribution is 2.31. The molecule has 26 heavy (non-hydrogen) atoms. The lowest BCUT2D eigenvalue weighted by Crippen LogP contribution is -2.03. The maximum Gasteiger partial charge on any atom is 0.336 e. The molecule has 7 heteroatoms. The summed E-state index contributed by atoms with van der Waals surface area (Å²) in [6, 6.07) is 9.34. The summed E-state index contributed by atoms with van der Waals surface area (Å²) in [7, 11) is 1.49. The van der Waals surface area contributed by atoms with Gasteiger partial charge in [0.25, 0.3) is 5.69 Å². The van der Waals surface area contributed by atoms with Crippen molar-refractivity contribution in [3.8, 4) is 11.5 Å². The molecule has 0 radical (unpaired) electrons. The van der Waals surface area contributed by atoms with Gasteiger partial charge in [-0.15, -0.1) is 0 Å². The highest BCUT2D eigenvalue weighted by molar-refractivity contribution is 5.87. The lowest BCUT2D eigenvalue weighted by molar-refractivity contribution is -0.385. The van der Waals surface area contributed by atoms with Crippen LogP contribution in [-0.2, 0) is 6.61 Å². The summed E-state index contributed by atoms with van der Waals surface area (Å²) in [5.41, 5.74) is 2.12. The van der Waals surface area contributed by atoms with Crippen LogP contribution in [0, 0.1) is 24.0 Å². The molecule has 1 aromatic heterocycles. The molecule has 3 aromatic rings. The molecule has 1 heterocycles. The van der Waals surface area contributed by atoms with E-state index in [0.717, 1.165) is 11.1 Å². The second-order valence-electron chi connectivity index (χ2n) is 5.93. The number of fused-ring (bicyclic) bond motifs is 1. The predicted octanol–water partition coefficient (Wildman–Crippen LogP) is 3.91. The normalized spacial score (nSPS) is 10.7. The topological polar surface area (TPSA) is 91.8 Å². The Kier molecular flexibility index (Phi) is 4.62. The zero-order chi connectivity index (χ0) is 18.8. The van der Waals surface area contributed by atoms with E-state index in [4.69, 9.17) is 13.9 Å². The number of nitro benzene ring substituents is 1. The Morgan fingerprint density at radius 2 is 1.88 bits per heavy atom. The van der Waals surface area contributed by atoms with Crippen LogP contribution in [0.3, 0.4) is 0 Å². The number of rotatable bonds is 5. The Morgan fingerprint density at radius 1 is 1.12 bits per heavy atom. The number of aryl methyl sites for hydroxylation is 2. The van der Waals surface area contributed by atoms with Crippen molar-refractivity contribution in [3.05, 3.63) is 73.6 Å². The van der Waals surface area contributed by atoms with Gasteiger partial charge in [-0.1, -0.05) is 0 Å². The second kappa shape index (κ2) is 6.87. The zero-order valence-electron chi connectivity index (χ0n) is 14.6. The number of hydrogen-bond acceptors (Lipinski definition) is 6. The maximum absolute atomic E-state index is 11.6. The van der Waals surface area contributed by atoms with E-state index >= 15 is 0 Å². The van der Waals surface area contributed by atoms with Crippen molar-refractivity contribution in [2.75, 3.05) is 7.11 Å². The fourth-order valence-electron chi connectivity index (χ4n) is 2.84. The lowest BCUT2D eigenvalue weighted by Gasteiger charge is -2.13. The standard InChI is InChI=1S/C19H17NO6/c1-11-6-16(19-12(2)8-18(21)26-17(19)7-11)25-10-13-9-14(20(22)23)4-5-15(13)24-3/h4-9H,10H2,1-3H3. The van der Waals surface area contributed by atoms with E-state index < -0.39 is 10.5 Å². The van der Waals surface area contributed by atoms with Gasteiger partial charge in [-0.05, 0) is 43.2 Å². The summed E-state index contributed by atoms with van der Waals surface area (Å²) in [4.78, 5) is 22.1. The smallest absolute Gasteiger partial charge is 0.336 e. The van der Waals surface area contributed by atoms with Gasteiger partial charge in [0, 0.05) is 23.8 Å². The molecule has 0 saturated carbocycles. The first-order valence-corrected chi connectivity index (χ1v) is 7.88. The molecular formula is C19H17NO6. The monoisotopic (exact) mass is 355 g/mol. The van der Waals surface area contributed by atoms with Crippen LogP contribution in [0.1, 0.15) is 16.7 Å². The van der Waals surface area contributed by atoms with Gasteiger partial charge in [0.2, 0.25) is 0 Å². The van der Waals surface area contributed by atoms with Crippen LogP contribution in [0.2, 0.25) is 0 Å². The third-order valence-corrected chi connectivity index (χ3v) is 4.01. The summed E-state index contributed by atoms with van der Waals surface area (Å²) < 4.78 is 16.4. The molecule has 0 aliphatic carbocycles. The Labute approximate surface area is 148 Å². The minimum atomic E-state index is -0.468. The zero-order valence-corrected chi connectivity index (χ0v) is 14.6. The van der Waals surface area contributed by atoms with Crippen molar-refractivity contribution >= 4 is 16.7 Å². The Morgan fingerprint density at radius 3 is 2.58 bits per heavy atom.